The fourth-order valence-corrected chi connectivity index (χ4v) is 1.32. The van der Waals surface area contributed by atoms with E-state index in [0.29, 0.717) is 16.1 Å². The monoisotopic (exact) mass is 267 g/mol. The van der Waals surface area contributed by atoms with Crippen LogP contribution in [0.15, 0.2) is 40.0 Å². The van der Waals surface area contributed by atoms with Crippen molar-refractivity contribution in [1.29, 1.82) is 0 Å². The normalized spacial score (nSPS) is 9.93. The largest absolute Gasteiger partial charge is 0.457 e. The molecule has 0 bridgehead atoms. The molecule has 1 amide bonds. The van der Waals surface area contributed by atoms with Crippen LogP contribution >= 0.6 is 15.9 Å². The first-order valence-electron chi connectivity index (χ1n) is 4.07. The standard InChI is InChI=1S/C9H6BrN3O2/c10-7-3-6(5-15-7)9(14)13-8-4-11-1-2-12-8/h1-5H,(H,12,13,14). The van der Waals surface area contributed by atoms with Gasteiger partial charge < -0.3 is 9.73 Å². The fraction of sp³-hybridized carbons (Fsp3) is 0. The molecular weight excluding hydrogens is 262 g/mol. The van der Waals surface area contributed by atoms with Gasteiger partial charge in [0.2, 0.25) is 0 Å². The Hall–Kier alpha value is -1.69. The van der Waals surface area contributed by atoms with E-state index in [0.717, 1.165) is 0 Å². The summed E-state index contributed by atoms with van der Waals surface area (Å²) < 4.78 is 5.45. The minimum atomic E-state index is -0.287. The maximum absolute atomic E-state index is 11.6. The van der Waals surface area contributed by atoms with Gasteiger partial charge in [0.1, 0.15) is 6.26 Å². The quantitative estimate of drug-likeness (QED) is 0.905. The zero-order valence-electron chi connectivity index (χ0n) is 7.48. The van der Waals surface area contributed by atoms with E-state index in [2.05, 4.69) is 31.2 Å². The number of rotatable bonds is 2. The number of aromatic nitrogens is 2. The summed E-state index contributed by atoms with van der Waals surface area (Å²) in [6, 6.07) is 1.58. The number of hydrogen-bond donors (Lipinski definition) is 1. The Bertz CT molecular complexity index is 469. The van der Waals surface area contributed by atoms with Crippen LogP contribution in [-0.2, 0) is 0 Å². The Labute approximate surface area is 93.7 Å². The molecule has 15 heavy (non-hydrogen) atoms. The van der Waals surface area contributed by atoms with Gasteiger partial charge in [-0.05, 0) is 15.9 Å². The van der Waals surface area contributed by atoms with Gasteiger partial charge in [0, 0.05) is 18.5 Å². The molecule has 0 atom stereocenters. The summed E-state index contributed by atoms with van der Waals surface area (Å²) in [7, 11) is 0. The van der Waals surface area contributed by atoms with Gasteiger partial charge in [-0.25, -0.2) is 4.98 Å². The van der Waals surface area contributed by atoms with Crippen LogP contribution < -0.4 is 5.32 Å². The van der Waals surface area contributed by atoms with Gasteiger partial charge in [-0.3, -0.25) is 9.78 Å². The van der Waals surface area contributed by atoms with E-state index >= 15 is 0 Å². The SMILES string of the molecule is O=C(Nc1cnccn1)c1coc(Br)c1. The Morgan fingerprint density at radius 2 is 2.33 bits per heavy atom. The van der Waals surface area contributed by atoms with Gasteiger partial charge >= 0.3 is 0 Å². The molecule has 0 saturated carbocycles. The number of anilines is 1. The van der Waals surface area contributed by atoms with Gasteiger partial charge in [0.15, 0.2) is 10.5 Å². The third-order valence-electron chi connectivity index (χ3n) is 1.63. The van der Waals surface area contributed by atoms with Crippen molar-refractivity contribution in [3.05, 3.63) is 41.2 Å². The van der Waals surface area contributed by atoms with Crippen molar-refractivity contribution >= 4 is 27.7 Å². The van der Waals surface area contributed by atoms with Crippen LogP contribution in [0.1, 0.15) is 10.4 Å². The number of amides is 1. The Morgan fingerprint density at radius 3 is 2.93 bits per heavy atom. The van der Waals surface area contributed by atoms with Crippen molar-refractivity contribution in [3.63, 3.8) is 0 Å². The molecule has 0 fully saturated rings. The number of halogens is 1. The number of furan rings is 1. The van der Waals surface area contributed by atoms with Crippen LogP contribution in [0.3, 0.4) is 0 Å². The molecule has 0 radical (unpaired) electrons. The number of nitrogens with zero attached hydrogens (tertiary/aromatic N) is 2. The molecule has 0 aliphatic carbocycles. The van der Waals surface area contributed by atoms with E-state index < -0.39 is 0 Å². The van der Waals surface area contributed by atoms with Crippen molar-refractivity contribution in [1.82, 2.24) is 9.97 Å². The predicted molar refractivity (Wildman–Crippen MR) is 56.4 cm³/mol. The summed E-state index contributed by atoms with van der Waals surface area (Å²) in [5.74, 6) is 0.116. The van der Waals surface area contributed by atoms with Gasteiger partial charge in [0.05, 0.1) is 11.8 Å². The van der Waals surface area contributed by atoms with E-state index in [4.69, 9.17) is 4.42 Å². The summed E-state index contributed by atoms with van der Waals surface area (Å²) >= 11 is 3.11. The van der Waals surface area contributed by atoms with Gasteiger partial charge in [0.25, 0.3) is 5.91 Å². The number of nitrogens with one attached hydrogen (secondary N) is 1. The highest BCUT2D eigenvalue weighted by Crippen LogP contribution is 2.14. The van der Waals surface area contributed by atoms with Gasteiger partial charge in [-0.1, -0.05) is 0 Å². The highest BCUT2D eigenvalue weighted by Gasteiger charge is 2.09. The van der Waals surface area contributed by atoms with E-state index in [9.17, 15) is 4.79 Å². The van der Waals surface area contributed by atoms with Gasteiger partial charge in [-0.2, -0.15) is 0 Å². The van der Waals surface area contributed by atoms with E-state index in [1.165, 1.54) is 24.9 Å². The molecule has 2 rings (SSSR count). The average Bonchev–Trinajstić information content (AvgIpc) is 2.66. The van der Waals surface area contributed by atoms with Crippen LogP contribution in [-0.4, -0.2) is 15.9 Å². The van der Waals surface area contributed by atoms with Crippen LogP contribution in [0.4, 0.5) is 5.82 Å². The molecule has 0 spiro atoms. The summed E-state index contributed by atoms with van der Waals surface area (Å²) in [5, 5.41) is 2.58. The van der Waals surface area contributed by atoms with E-state index in [1.807, 2.05) is 0 Å². The van der Waals surface area contributed by atoms with Crippen LogP contribution in [0.25, 0.3) is 0 Å². The highest BCUT2D eigenvalue weighted by atomic mass is 79.9. The lowest BCUT2D eigenvalue weighted by Crippen LogP contribution is -2.11. The third-order valence-corrected chi connectivity index (χ3v) is 2.05. The first kappa shape index (κ1) is 9.85. The molecule has 0 aliphatic heterocycles. The van der Waals surface area contributed by atoms with Crippen molar-refractivity contribution in [2.45, 2.75) is 0 Å². The van der Waals surface area contributed by atoms with E-state index in [1.54, 1.807) is 6.07 Å². The van der Waals surface area contributed by atoms with Crippen LogP contribution in [0, 0.1) is 0 Å². The second kappa shape index (κ2) is 4.22. The maximum atomic E-state index is 11.6. The molecule has 5 nitrogen and oxygen atoms in total. The predicted octanol–water partition coefficient (Wildman–Crippen LogP) is 2.08. The number of hydrogen-bond acceptors (Lipinski definition) is 4. The highest BCUT2D eigenvalue weighted by molar-refractivity contribution is 9.10. The summed E-state index contributed by atoms with van der Waals surface area (Å²) in [6.45, 7) is 0. The van der Waals surface area contributed by atoms with Crippen molar-refractivity contribution in [3.8, 4) is 0 Å². The average molecular weight is 268 g/mol. The molecule has 0 saturated heterocycles. The lowest BCUT2D eigenvalue weighted by molar-refractivity contribution is 0.102. The lowest BCUT2D eigenvalue weighted by atomic mass is 10.3. The molecule has 0 aromatic carbocycles. The molecule has 2 aromatic heterocycles. The van der Waals surface area contributed by atoms with Crippen molar-refractivity contribution < 1.29 is 9.21 Å². The third kappa shape index (κ3) is 2.41. The first-order valence-corrected chi connectivity index (χ1v) is 4.86. The van der Waals surface area contributed by atoms with Crippen molar-refractivity contribution in [2.75, 3.05) is 5.32 Å². The number of carbonyl (C=O) groups excluding carboxylic acids is 1. The molecule has 0 unspecified atom stereocenters. The second-order valence-corrected chi connectivity index (χ2v) is 3.47. The Balaban J connectivity index is 2.11. The fourth-order valence-electron chi connectivity index (χ4n) is 0.981. The Kier molecular flexibility index (Phi) is 2.77. The first-order chi connectivity index (χ1) is 7.25. The topological polar surface area (TPSA) is 68.0 Å². The minimum absolute atomic E-state index is 0.287. The molecule has 0 aliphatic rings. The van der Waals surface area contributed by atoms with E-state index in [-0.39, 0.29) is 5.91 Å². The van der Waals surface area contributed by atoms with Gasteiger partial charge in [-0.15, -0.1) is 0 Å². The van der Waals surface area contributed by atoms with Crippen LogP contribution in [0.2, 0.25) is 0 Å². The summed E-state index contributed by atoms with van der Waals surface area (Å²) in [5.41, 5.74) is 0.424. The zero-order chi connectivity index (χ0) is 10.7. The number of carbonyl (C=O) groups is 1. The van der Waals surface area contributed by atoms with Crippen LogP contribution in [0.5, 0.6) is 0 Å². The minimum Gasteiger partial charge on any atom is -0.457 e. The maximum Gasteiger partial charge on any atom is 0.260 e. The molecule has 1 N–H and O–H groups in total. The molecule has 2 heterocycles. The molecular formula is C9H6BrN3O2. The molecule has 6 heteroatoms. The smallest absolute Gasteiger partial charge is 0.260 e. The lowest BCUT2D eigenvalue weighted by Gasteiger charge is -1.99. The second-order valence-electron chi connectivity index (χ2n) is 2.68. The molecule has 76 valence electrons. The van der Waals surface area contributed by atoms with Crippen molar-refractivity contribution in [2.24, 2.45) is 0 Å². The Morgan fingerprint density at radius 1 is 1.47 bits per heavy atom. The summed E-state index contributed by atoms with van der Waals surface area (Å²) in [6.07, 6.45) is 5.85. The molecule has 2 aromatic rings. The summed E-state index contributed by atoms with van der Waals surface area (Å²) in [4.78, 5) is 19.3. The zero-order valence-corrected chi connectivity index (χ0v) is 9.06.